The van der Waals surface area contributed by atoms with Gasteiger partial charge in [-0.2, -0.15) is 0 Å². The number of hydrogen-bond acceptors (Lipinski definition) is 7. The minimum atomic E-state index is 0.0330. The molecule has 0 unspecified atom stereocenters. The molecule has 2 aromatic rings. The summed E-state index contributed by atoms with van der Waals surface area (Å²) in [5, 5.41) is 0. The summed E-state index contributed by atoms with van der Waals surface area (Å²) in [7, 11) is 4.67. The fraction of sp³-hybridized carbons (Fsp3) is 0.536. The van der Waals surface area contributed by atoms with Crippen LogP contribution in [-0.2, 0) is 4.18 Å². The van der Waals surface area contributed by atoms with Crippen molar-refractivity contribution in [2.45, 2.75) is 49.8 Å². The number of ether oxygens (including phenoxy) is 4. The third kappa shape index (κ3) is 7.17. The second-order valence-corrected chi connectivity index (χ2v) is 10.3. The van der Waals surface area contributed by atoms with Crippen LogP contribution >= 0.6 is 12.0 Å². The summed E-state index contributed by atoms with van der Waals surface area (Å²) in [5.41, 5.74) is 0.913. The first kappa shape index (κ1) is 27.3. The number of urea groups is 1. The average molecular weight is 531 g/mol. The van der Waals surface area contributed by atoms with Crippen LogP contribution in [0.5, 0.6) is 23.0 Å². The fourth-order valence-corrected chi connectivity index (χ4v) is 5.21. The lowest BCUT2D eigenvalue weighted by atomic mass is 9.82. The number of anilines is 1. The second kappa shape index (κ2) is 13.7. The van der Waals surface area contributed by atoms with Gasteiger partial charge in [-0.1, -0.05) is 38.5 Å². The molecule has 0 aromatic heterocycles. The normalized spacial score (nSPS) is 15.6. The summed E-state index contributed by atoms with van der Waals surface area (Å²) in [6.45, 7) is 2.41. The second-order valence-electron chi connectivity index (χ2n) is 9.39. The summed E-state index contributed by atoms with van der Waals surface area (Å²) in [6.07, 6.45) is 9.24. The molecule has 2 fully saturated rings. The van der Waals surface area contributed by atoms with E-state index < -0.39 is 0 Å². The van der Waals surface area contributed by atoms with Gasteiger partial charge in [0.2, 0.25) is 12.5 Å². The number of amides is 2. The largest absolute Gasteiger partial charge is 0.493 e. The van der Waals surface area contributed by atoms with Crippen molar-refractivity contribution in [1.29, 1.82) is 0 Å². The molecule has 2 aromatic carbocycles. The fourth-order valence-electron chi connectivity index (χ4n) is 4.73. The standard InChI is InChI=1S/C28H38N2O6S/c1-32-25-18-23(19-26(33-2)27(25)34-3)35-20-36-37-24-13-11-22(12-14-24)30-17-16-29(28(30)31)15-6-4-5-8-21-9-7-10-21/h11-14,18-19,21H,4-10,15-17,20H2,1-3H3. The highest BCUT2D eigenvalue weighted by atomic mass is 32.2. The van der Waals surface area contributed by atoms with Gasteiger partial charge in [-0.25, -0.2) is 4.79 Å². The first-order chi connectivity index (χ1) is 18.1. The molecule has 1 saturated carbocycles. The SMILES string of the molecule is COc1cc(OCOSc2ccc(N3CCN(CCCCCC4CCC4)C3=O)cc2)cc(OC)c1OC. The quantitative estimate of drug-likeness (QED) is 0.150. The van der Waals surface area contributed by atoms with Crippen molar-refractivity contribution in [3.8, 4) is 23.0 Å². The molecule has 0 N–H and O–H groups in total. The van der Waals surface area contributed by atoms with E-state index in [-0.39, 0.29) is 12.8 Å². The molecule has 2 amide bonds. The minimum absolute atomic E-state index is 0.0330. The van der Waals surface area contributed by atoms with E-state index in [0.29, 0.717) is 23.0 Å². The molecule has 202 valence electrons. The zero-order valence-corrected chi connectivity index (χ0v) is 22.9. The van der Waals surface area contributed by atoms with Gasteiger partial charge in [-0.05, 0) is 36.6 Å². The van der Waals surface area contributed by atoms with E-state index in [0.717, 1.165) is 42.6 Å². The van der Waals surface area contributed by atoms with Gasteiger partial charge in [-0.15, -0.1) is 0 Å². The molecule has 0 spiro atoms. The van der Waals surface area contributed by atoms with Crippen LogP contribution in [0.25, 0.3) is 0 Å². The van der Waals surface area contributed by atoms with Gasteiger partial charge < -0.3 is 23.8 Å². The first-order valence-electron chi connectivity index (χ1n) is 13.0. The van der Waals surface area contributed by atoms with Gasteiger partial charge in [0.05, 0.1) is 21.3 Å². The molecular formula is C28H38N2O6S. The van der Waals surface area contributed by atoms with Gasteiger partial charge in [0, 0.05) is 54.4 Å². The zero-order valence-electron chi connectivity index (χ0n) is 22.1. The maximum absolute atomic E-state index is 12.9. The highest BCUT2D eigenvalue weighted by Crippen LogP contribution is 2.41. The Morgan fingerprint density at radius 1 is 0.919 bits per heavy atom. The van der Waals surface area contributed by atoms with Gasteiger partial charge in [0.15, 0.2) is 11.5 Å². The molecule has 8 nitrogen and oxygen atoms in total. The van der Waals surface area contributed by atoms with E-state index in [9.17, 15) is 4.79 Å². The van der Waals surface area contributed by atoms with Crippen molar-refractivity contribution in [3.05, 3.63) is 36.4 Å². The van der Waals surface area contributed by atoms with Crippen LogP contribution in [0.15, 0.2) is 41.3 Å². The van der Waals surface area contributed by atoms with Crippen molar-refractivity contribution in [2.24, 2.45) is 5.92 Å². The van der Waals surface area contributed by atoms with Crippen LogP contribution < -0.4 is 23.8 Å². The number of rotatable bonds is 15. The van der Waals surface area contributed by atoms with Crippen molar-refractivity contribution in [3.63, 3.8) is 0 Å². The van der Waals surface area contributed by atoms with Crippen LogP contribution in [0, 0.1) is 5.92 Å². The molecule has 0 atom stereocenters. The Labute approximate surface area is 224 Å². The van der Waals surface area contributed by atoms with Crippen LogP contribution in [0.1, 0.15) is 44.9 Å². The van der Waals surface area contributed by atoms with E-state index in [2.05, 4.69) is 0 Å². The Morgan fingerprint density at radius 2 is 1.65 bits per heavy atom. The van der Waals surface area contributed by atoms with Crippen LogP contribution in [0.2, 0.25) is 0 Å². The molecule has 1 aliphatic carbocycles. The lowest BCUT2D eigenvalue weighted by Crippen LogP contribution is -2.32. The Kier molecular flexibility index (Phi) is 10.1. The molecule has 1 aliphatic heterocycles. The zero-order chi connectivity index (χ0) is 26.0. The van der Waals surface area contributed by atoms with Gasteiger partial charge in [0.25, 0.3) is 0 Å². The smallest absolute Gasteiger partial charge is 0.324 e. The Balaban J connectivity index is 1.18. The molecule has 0 bridgehead atoms. The molecule has 37 heavy (non-hydrogen) atoms. The topological polar surface area (TPSA) is 69.7 Å². The molecule has 9 heteroatoms. The van der Waals surface area contributed by atoms with Crippen molar-refractivity contribution in [1.82, 2.24) is 4.90 Å². The lowest BCUT2D eigenvalue weighted by Gasteiger charge is -2.25. The lowest BCUT2D eigenvalue weighted by molar-refractivity contribution is 0.141. The number of methoxy groups -OCH3 is 3. The van der Waals surface area contributed by atoms with Crippen molar-refractivity contribution >= 4 is 23.8 Å². The van der Waals surface area contributed by atoms with E-state index in [4.69, 9.17) is 23.1 Å². The molecule has 1 saturated heterocycles. The average Bonchev–Trinajstić information content (AvgIpc) is 3.27. The summed E-state index contributed by atoms with van der Waals surface area (Å²) in [4.78, 5) is 17.6. The Bertz CT molecular complexity index is 989. The summed E-state index contributed by atoms with van der Waals surface area (Å²) in [6, 6.07) is 11.4. The minimum Gasteiger partial charge on any atom is -0.493 e. The van der Waals surface area contributed by atoms with Crippen LogP contribution in [0.4, 0.5) is 10.5 Å². The highest BCUT2D eigenvalue weighted by molar-refractivity contribution is 7.94. The molecule has 0 radical (unpaired) electrons. The maximum atomic E-state index is 12.9. The number of carbonyl (C=O) groups is 1. The van der Waals surface area contributed by atoms with Crippen LogP contribution in [0.3, 0.4) is 0 Å². The summed E-state index contributed by atoms with van der Waals surface area (Å²) in [5.74, 6) is 3.05. The maximum Gasteiger partial charge on any atom is 0.324 e. The van der Waals surface area contributed by atoms with Gasteiger partial charge >= 0.3 is 6.03 Å². The van der Waals surface area contributed by atoms with Crippen molar-refractivity contribution < 1.29 is 27.9 Å². The number of carbonyl (C=O) groups excluding carboxylic acids is 1. The predicted molar refractivity (Wildman–Crippen MR) is 145 cm³/mol. The third-order valence-corrected chi connectivity index (χ3v) is 7.75. The molecular weight excluding hydrogens is 492 g/mol. The summed E-state index contributed by atoms with van der Waals surface area (Å²) < 4.78 is 27.3. The van der Waals surface area contributed by atoms with E-state index in [1.165, 1.54) is 50.6 Å². The van der Waals surface area contributed by atoms with Gasteiger partial charge in [-0.3, -0.25) is 9.08 Å². The van der Waals surface area contributed by atoms with Crippen LogP contribution in [-0.4, -0.2) is 58.7 Å². The Hall–Kier alpha value is -2.78. The van der Waals surface area contributed by atoms with E-state index >= 15 is 0 Å². The third-order valence-electron chi connectivity index (χ3n) is 7.08. The van der Waals surface area contributed by atoms with Crippen molar-refractivity contribution in [2.75, 3.05) is 52.7 Å². The summed E-state index contributed by atoms with van der Waals surface area (Å²) >= 11 is 1.22. The number of hydrogen-bond donors (Lipinski definition) is 0. The van der Waals surface area contributed by atoms with E-state index in [1.807, 2.05) is 34.1 Å². The number of benzene rings is 2. The highest BCUT2D eigenvalue weighted by Gasteiger charge is 2.29. The molecule has 2 aliphatic rings. The molecule has 1 heterocycles. The number of unbranched alkanes of at least 4 members (excludes halogenated alkanes) is 2. The number of nitrogens with zero attached hydrogens (tertiary/aromatic N) is 2. The monoisotopic (exact) mass is 530 g/mol. The van der Waals surface area contributed by atoms with Gasteiger partial charge in [0.1, 0.15) is 5.75 Å². The van der Waals surface area contributed by atoms with E-state index in [1.54, 1.807) is 33.5 Å². The predicted octanol–water partition coefficient (Wildman–Crippen LogP) is 6.38. The molecule has 4 rings (SSSR count). The Morgan fingerprint density at radius 3 is 2.27 bits per heavy atom. The first-order valence-corrected chi connectivity index (χ1v) is 13.8.